The number of carbonyl (C=O) groups is 2. The number of Topliss-reactive ketones (excluding diaryl/α,β-unsaturated/α-hetero) is 2. The first kappa shape index (κ1) is 25.2. The van der Waals surface area contributed by atoms with Crippen LogP contribution < -0.4 is 4.90 Å². The van der Waals surface area contributed by atoms with Crippen molar-refractivity contribution < 1.29 is 22.8 Å². The second-order valence-electron chi connectivity index (χ2n) is 11.2. The number of ketones is 2. The minimum Gasteiger partial charge on any atom is -0.350 e. The van der Waals surface area contributed by atoms with Gasteiger partial charge in [0.05, 0.1) is 16.9 Å². The fraction of sp³-hybridized carbons (Fsp3) is 0.414. The van der Waals surface area contributed by atoms with Gasteiger partial charge in [0.25, 0.3) is 0 Å². The second kappa shape index (κ2) is 8.85. The monoisotopic (exact) mass is 509 g/mol. The molecule has 1 saturated carbocycles. The highest BCUT2D eigenvalue weighted by Gasteiger charge is 2.53. The maximum Gasteiger partial charge on any atom is 0.416 e. The zero-order valence-electron chi connectivity index (χ0n) is 21.2. The topological polar surface area (TPSA) is 55.2 Å². The molecule has 5 nitrogen and oxygen atoms in total. The van der Waals surface area contributed by atoms with Gasteiger partial charge in [-0.15, -0.1) is 0 Å². The van der Waals surface area contributed by atoms with Crippen LogP contribution in [-0.4, -0.2) is 27.9 Å². The molecule has 1 aromatic heterocycles. The molecule has 1 aliphatic carbocycles. The number of rotatable bonds is 3. The molecule has 194 valence electrons. The molecule has 0 radical (unpaired) electrons. The fourth-order valence-electron chi connectivity index (χ4n) is 5.61. The number of nitrogens with zero attached hydrogens (tertiary/aromatic N) is 3. The van der Waals surface area contributed by atoms with Crippen molar-refractivity contribution >= 4 is 17.4 Å². The fourth-order valence-corrected chi connectivity index (χ4v) is 5.61. The van der Waals surface area contributed by atoms with Crippen LogP contribution in [-0.2, 0) is 34.1 Å². The van der Waals surface area contributed by atoms with Crippen molar-refractivity contribution in [3.8, 4) is 5.69 Å². The van der Waals surface area contributed by atoms with Crippen molar-refractivity contribution in [1.29, 1.82) is 0 Å². The van der Waals surface area contributed by atoms with E-state index in [-0.39, 0.29) is 30.1 Å². The number of para-hydroxylation sites is 1. The summed E-state index contributed by atoms with van der Waals surface area (Å²) in [5.41, 5.74) is 0.931. The predicted octanol–water partition coefficient (Wildman–Crippen LogP) is 6.06. The predicted molar refractivity (Wildman–Crippen MR) is 135 cm³/mol. The molecule has 2 heterocycles. The van der Waals surface area contributed by atoms with Crippen molar-refractivity contribution in [3.63, 3.8) is 0 Å². The summed E-state index contributed by atoms with van der Waals surface area (Å²) in [5.74, 6) is 0.672. The highest BCUT2D eigenvalue weighted by Crippen LogP contribution is 2.46. The van der Waals surface area contributed by atoms with Crippen molar-refractivity contribution in [3.05, 3.63) is 77.0 Å². The molecule has 0 N–H and O–H groups in total. The molecule has 0 bridgehead atoms. The normalized spacial score (nSPS) is 17.8. The number of fused-ring (bicyclic) bond motifs is 1. The summed E-state index contributed by atoms with van der Waals surface area (Å²) in [6, 6.07) is 14.7. The van der Waals surface area contributed by atoms with Crippen LogP contribution in [0.5, 0.6) is 0 Å². The van der Waals surface area contributed by atoms with E-state index in [0.717, 1.165) is 34.9 Å². The molecule has 0 amide bonds. The molecule has 0 saturated heterocycles. The molecule has 3 aromatic rings. The maximum absolute atomic E-state index is 13.4. The molecule has 1 spiro atoms. The number of anilines is 1. The Morgan fingerprint density at radius 1 is 0.919 bits per heavy atom. The lowest BCUT2D eigenvalue weighted by atomic mass is 9.65. The molecule has 0 atom stereocenters. The maximum atomic E-state index is 13.4. The van der Waals surface area contributed by atoms with E-state index in [0.29, 0.717) is 31.2 Å². The van der Waals surface area contributed by atoms with Crippen LogP contribution in [0.15, 0.2) is 54.6 Å². The van der Waals surface area contributed by atoms with Gasteiger partial charge in [-0.3, -0.25) is 9.59 Å². The van der Waals surface area contributed by atoms with E-state index < -0.39 is 17.2 Å². The average molecular weight is 510 g/mol. The van der Waals surface area contributed by atoms with Crippen LogP contribution >= 0.6 is 0 Å². The van der Waals surface area contributed by atoms with E-state index in [9.17, 15) is 22.8 Å². The standard InChI is InChI=1S/C29H30F3N3O2/c1-27(2,3)25-22-16-28(23(36)10-7-11-24(28)37)18-34(17-19-12-14-20(15-13-19)29(30,31)32)26(22)35(33-25)21-8-5-4-6-9-21/h4-6,8-9,12-15H,7,10-11,16-18H2,1-3H3. The van der Waals surface area contributed by atoms with Crippen molar-refractivity contribution in [2.45, 2.75) is 64.6 Å². The minimum absolute atomic E-state index is 0.0564. The van der Waals surface area contributed by atoms with Crippen LogP contribution in [0.1, 0.15) is 62.4 Å². The zero-order chi connectivity index (χ0) is 26.6. The average Bonchev–Trinajstić information content (AvgIpc) is 3.23. The summed E-state index contributed by atoms with van der Waals surface area (Å²) >= 11 is 0. The van der Waals surface area contributed by atoms with Crippen LogP contribution in [0.4, 0.5) is 19.0 Å². The first-order chi connectivity index (χ1) is 17.4. The summed E-state index contributed by atoms with van der Waals surface area (Å²) in [6.07, 6.45) is -2.86. The Kier molecular flexibility index (Phi) is 6.04. The van der Waals surface area contributed by atoms with Gasteiger partial charge in [0.15, 0.2) is 0 Å². The van der Waals surface area contributed by atoms with E-state index in [1.807, 2.05) is 39.9 Å². The zero-order valence-corrected chi connectivity index (χ0v) is 21.2. The Balaban J connectivity index is 1.68. The Morgan fingerprint density at radius 2 is 1.54 bits per heavy atom. The quantitative estimate of drug-likeness (QED) is 0.403. The Bertz CT molecular complexity index is 1320. The van der Waals surface area contributed by atoms with Crippen LogP contribution in [0, 0.1) is 5.41 Å². The first-order valence-electron chi connectivity index (χ1n) is 12.6. The van der Waals surface area contributed by atoms with Gasteiger partial charge in [0.1, 0.15) is 22.8 Å². The minimum atomic E-state index is -4.42. The summed E-state index contributed by atoms with van der Waals surface area (Å²) in [7, 11) is 0. The third-order valence-electron chi connectivity index (χ3n) is 7.44. The Morgan fingerprint density at radius 3 is 2.11 bits per heavy atom. The van der Waals surface area contributed by atoms with Gasteiger partial charge >= 0.3 is 6.18 Å². The van der Waals surface area contributed by atoms with Crippen LogP contribution in [0.2, 0.25) is 0 Å². The van der Waals surface area contributed by atoms with Gasteiger partial charge in [-0.2, -0.15) is 18.3 Å². The SMILES string of the molecule is CC(C)(C)c1nn(-c2ccccc2)c2c1CC1(CN2Cc2ccc(C(F)(F)F)cc2)C(=O)CCCC1=O. The van der Waals surface area contributed by atoms with Crippen molar-refractivity contribution in [2.24, 2.45) is 5.41 Å². The molecular formula is C29H30F3N3O2. The lowest BCUT2D eigenvalue weighted by Gasteiger charge is -2.44. The van der Waals surface area contributed by atoms with Gasteiger partial charge in [-0.1, -0.05) is 51.1 Å². The highest BCUT2D eigenvalue weighted by molar-refractivity contribution is 6.10. The van der Waals surface area contributed by atoms with E-state index in [1.54, 1.807) is 0 Å². The highest BCUT2D eigenvalue weighted by atomic mass is 19.4. The number of halogens is 3. The van der Waals surface area contributed by atoms with Crippen molar-refractivity contribution in [2.75, 3.05) is 11.4 Å². The first-order valence-corrected chi connectivity index (χ1v) is 12.6. The van der Waals surface area contributed by atoms with Gasteiger partial charge < -0.3 is 4.90 Å². The Labute approximate surface area is 214 Å². The van der Waals surface area contributed by atoms with Gasteiger partial charge in [0, 0.05) is 36.9 Å². The van der Waals surface area contributed by atoms with Gasteiger partial charge in [-0.05, 0) is 42.7 Å². The smallest absolute Gasteiger partial charge is 0.350 e. The van der Waals surface area contributed by atoms with E-state index >= 15 is 0 Å². The second-order valence-corrected chi connectivity index (χ2v) is 11.2. The number of alkyl halides is 3. The summed E-state index contributed by atoms with van der Waals surface area (Å²) < 4.78 is 41.3. The number of benzene rings is 2. The molecule has 1 aliphatic heterocycles. The van der Waals surface area contributed by atoms with Gasteiger partial charge in [0.2, 0.25) is 0 Å². The summed E-state index contributed by atoms with van der Waals surface area (Å²) in [5, 5.41) is 5.00. The lowest BCUT2D eigenvalue weighted by Crippen LogP contribution is -2.55. The van der Waals surface area contributed by atoms with Crippen molar-refractivity contribution in [1.82, 2.24) is 9.78 Å². The third kappa shape index (κ3) is 4.47. The molecule has 2 aliphatic rings. The van der Waals surface area contributed by atoms with Crippen LogP contribution in [0.25, 0.3) is 5.69 Å². The van der Waals surface area contributed by atoms with Crippen LogP contribution in [0.3, 0.4) is 0 Å². The summed E-state index contributed by atoms with van der Waals surface area (Å²) in [4.78, 5) is 28.7. The molecule has 1 fully saturated rings. The molecule has 37 heavy (non-hydrogen) atoms. The molecule has 5 rings (SSSR count). The van der Waals surface area contributed by atoms with E-state index in [2.05, 4.69) is 20.8 Å². The Hall–Kier alpha value is -3.42. The molecule has 8 heteroatoms. The summed E-state index contributed by atoms with van der Waals surface area (Å²) in [6.45, 7) is 6.58. The van der Waals surface area contributed by atoms with E-state index in [1.165, 1.54) is 12.1 Å². The van der Waals surface area contributed by atoms with Gasteiger partial charge in [-0.25, -0.2) is 4.68 Å². The number of carbonyl (C=O) groups excluding carboxylic acids is 2. The lowest BCUT2D eigenvalue weighted by molar-refractivity contribution is -0.143. The molecule has 0 unspecified atom stereocenters. The molecular weight excluding hydrogens is 479 g/mol. The third-order valence-corrected chi connectivity index (χ3v) is 7.44. The number of aromatic nitrogens is 2. The number of hydrogen-bond donors (Lipinski definition) is 0. The number of hydrogen-bond acceptors (Lipinski definition) is 4. The van der Waals surface area contributed by atoms with E-state index in [4.69, 9.17) is 5.10 Å². The largest absolute Gasteiger partial charge is 0.416 e. The molecule has 2 aromatic carbocycles.